The second-order valence-corrected chi connectivity index (χ2v) is 9.16. The van der Waals surface area contributed by atoms with Gasteiger partial charge in [-0.2, -0.15) is 5.10 Å². The van der Waals surface area contributed by atoms with E-state index in [1.807, 2.05) is 59.6 Å². The summed E-state index contributed by atoms with van der Waals surface area (Å²) in [5.74, 6) is 0.290. The van der Waals surface area contributed by atoms with Crippen LogP contribution in [0.1, 0.15) is 35.8 Å². The van der Waals surface area contributed by atoms with E-state index in [1.54, 1.807) is 0 Å². The lowest BCUT2D eigenvalue weighted by Gasteiger charge is -2.36. The van der Waals surface area contributed by atoms with Crippen LogP contribution >= 0.6 is 0 Å². The van der Waals surface area contributed by atoms with Crippen LogP contribution in [0.15, 0.2) is 42.5 Å². The molecule has 1 saturated carbocycles. The molecule has 3 aromatic rings. The minimum absolute atomic E-state index is 0.0361. The Bertz CT molecular complexity index is 1170. The first-order chi connectivity index (χ1) is 14.9. The van der Waals surface area contributed by atoms with Gasteiger partial charge in [0.05, 0.1) is 11.2 Å². The van der Waals surface area contributed by atoms with Crippen molar-refractivity contribution in [3.63, 3.8) is 0 Å². The van der Waals surface area contributed by atoms with Gasteiger partial charge < -0.3 is 9.80 Å². The number of aryl methyl sites for hydroxylation is 2. The number of nitrogens with zero attached hydrogens (tertiary/aromatic N) is 4. The van der Waals surface area contributed by atoms with Crippen molar-refractivity contribution in [2.45, 2.75) is 26.7 Å². The largest absolute Gasteiger partial charge is 0.339 e. The quantitative estimate of drug-likeness (QED) is 0.655. The molecule has 0 spiro atoms. The van der Waals surface area contributed by atoms with Crippen LogP contribution in [0.2, 0.25) is 0 Å². The molecular weight excluding hydrogens is 388 g/mol. The zero-order valence-corrected chi connectivity index (χ0v) is 18.4. The molecule has 1 saturated heterocycles. The van der Waals surface area contributed by atoms with Gasteiger partial charge in [-0.05, 0) is 49.1 Å². The summed E-state index contributed by atoms with van der Waals surface area (Å²) < 4.78 is 1.90. The van der Waals surface area contributed by atoms with Gasteiger partial charge in [-0.1, -0.05) is 31.2 Å². The SMILES string of the molecule is Cc1nn(C)c2cc(-c3ccc(C(=O)N4CCN(C(=O)C5(C)CC5)CC4)cc3)ccc12. The van der Waals surface area contributed by atoms with Gasteiger partial charge in [-0.15, -0.1) is 0 Å². The molecule has 5 rings (SSSR count). The van der Waals surface area contributed by atoms with E-state index in [1.165, 1.54) is 0 Å². The fourth-order valence-electron chi connectivity index (χ4n) is 4.50. The molecular formula is C25H28N4O2. The zero-order chi connectivity index (χ0) is 21.8. The maximum Gasteiger partial charge on any atom is 0.253 e. The number of aromatic nitrogens is 2. The number of hydrogen-bond donors (Lipinski definition) is 0. The van der Waals surface area contributed by atoms with Gasteiger partial charge in [-0.25, -0.2) is 0 Å². The first-order valence-corrected chi connectivity index (χ1v) is 11.0. The van der Waals surface area contributed by atoms with Gasteiger partial charge in [0.2, 0.25) is 5.91 Å². The molecule has 2 fully saturated rings. The van der Waals surface area contributed by atoms with Crippen LogP contribution in [0, 0.1) is 12.3 Å². The summed E-state index contributed by atoms with van der Waals surface area (Å²) in [7, 11) is 1.96. The smallest absolute Gasteiger partial charge is 0.253 e. The summed E-state index contributed by atoms with van der Waals surface area (Å²) in [5.41, 5.74) is 4.86. The normalized spacial score (nSPS) is 17.8. The number of rotatable bonds is 3. The lowest BCUT2D eigenvalue weighted by atomic mass is 10.0. The van der Waals surface area contributed by atoms with Crippen molar-refractivity contribution in [3.05, 3.63) is 53.7 Å². The molecule has 2 aliphatic rings. The fourth-order valence-corrected chi connectivity index (χ4v) is 4.50. The summed E-state index contributed by atoms with van der Waals surface area (Å²) in [6.45, 7) is 6.51. The topological polar surface area (TPSA) is 58.4 Å². The Morgan fingerprint density at radius 2 is 1.52 bits per heavy atom. The molecule has 2 amide bonds. The zero-order valence-electron chi connectivity index (χ0n) is 18.4. The van der Waals surface area contributed by atoms with Crippen molar-refractivity contribution >= 4 is 22.7 Å². The molecule has 1 aromatic heterocycles. The summed E-state index contributed by atoms with van der Waals surface area (Å²) in [5, 5.41) is 5.65. The maximum absolute atomic E-state index is 13.0. The Balaban J connectivity index is 1.27. The van der Waals surface area contributed by atoms with Crippen LogP contribution in [-0.4, -0.2) is 57.6 Å². The highest BCUT2D eigenvalue weighted by molar-refractivity contribution is 5.95. The molecule has 0 radical (unpaired) electrons. The number of fused-ring (bicyclic) bond motifs is 1. The Kier molecular flexibility index (Phi) is 4.61. The van der Waals surface area contributed by atoms with Gasteiger partial charge >= 0.3 is 0 Å². The van der Waals surface area contributed by atoms with E-state index in [-0.39, 0.29) is 17.2 Å². The number of hydrogen-bond acceptors (Lipinski definition) is 3. The standard InChI is InChI=1S/C25H28N4O2/c1-17-21-9-8-20(16-22(21)27(3)26-17)18-4-6-19(7-5-18)23(30)28-12-14-29(15-13-28)24(31)25(2)10-11-25/h4-9,16H,10-15H2,1-3H3. The lowest BCUT2D eigenvalue weighted by Crippen LogP contribution is -2.52. The second-order valence-electron chi connectivity index (χ2n) is 9.16. The third-order valence-corrected chi connectivity index (χ3v) is 6.87. The van der Waals surface area contributed by atoms with Crippen molar-refractivity contribution in [3.8, 4) is 11.1 Å². The monoisotopic (exact) mass is 416 g/mol. The molecule has 1 aliphatic carbocycles. The molecule has 0 N–H and O–H groups in total. The minimum Gasteiger partial charge on any atom is -0.339 e. The average Bonchev–Trinajstić information content (AvgIpc) is 3.49. The molecule has 2 heterocycles. The van der Waals surface area contributed by atoms with Crippen molar-refractivity contribution in [2.24, 2.45) is 12.5 Å². The van der Waals surface area contributed by atoms with Crippen LogP contribution in [0.5, 0.6) is 0 Å². The van der Waals surface area contributed by atoms with Gasteiger partial charge in [0.15, 0.2) is 0 Å². The number of benzene rings is 2. The molecule has 160 valence electrons. The summed E-state index contributed by atoms with van der Waals surface area (Å²) in [6.07, 6.45) is 1.98. The van der Waals surface area contributed by atoms with Crippen LogP contribution in [-0.2, 0) is 11.8 Å². The van der Waals surface area contributed by atoms with Gasteiger partial charge in [0, 0.05) is 49.6 Å². The van der Waals surface area contributed by atoms with Crippen molar-refractivity contribution in [1.82, 2.24) is 19.6 Å². The highest BCUT2D eigenvalue weighted by Gasteiger charge is 2.47. The lowest BCUT2D eigenvalue weighted by molar-refractivity contribution is -0.137. The van der Waals surface area contributed by atoms with E-state index in [2.05, 4.69) is 23.3 Å². The van der Waals surface area contributed by atoms with Crippen LogP contribution in [0.25, 0.3) is 22.0 Å². The first kappa shape index (κ1) is 19.8. The fraction of sp³-hybridized carbons (Fsp3) is 0.400. The number of amides is 2. The third kappa shape index (κ3) is 3.50. The van der Waals surface area contributed by atoms with Crippen molar-refractivity contribution in [2.75, 3.05) is 26.2 Å². The van der Waals surface area contributed by atoms with Crippen molar-refractivity contribution in [1.29, 1.82) is 0 Å². The number of piperazine rings is 1. The highest BCUT2D eigenvalue weighted by atomic mass is 16.2. The Morgan fingerprint density at radius 1 is 0.903 bits per heavy atom. The Labute approximate surface area is 182 Å². The Morgan fingerprint density at radius 3 is 2.16 bits per heavy atom. The third-order valence-electron chi connectivity index (χ3n) is 6.87. The molecule has 0 atom stereocenters. The number of carbonyl (C=O) groups is 2. The maximum atomic E-state index is 13.0. The van der Waals surface area contributed by atoms with E-state index < -0.39 is 0 Å². The second kappa shape index (κ2) is 7.22. The number of carbonyl (C=O) groups excluding carboxylic acids is 2. The Hall–Kier alpha value is -3.15. The molecule has 6 nitrogen and oxygen atoms in total. The van der Waals surface area contributed by atoms with Crippen LogP contribution in [0.3, 0.4) is 0 Å². The van der Waals surface area contributed by atoms with E-state index >= 15 is 0 Å². The first-order valence-electron chi connectivity index (χ1n) is 11.0. The summed E-state index contributed by atoms with van der Waals surface area (Å²) >= 11 is 0. The van der Waals surface area contributed by atoms with Crippen molar-refractivity contribution < 1.29 is 9.59 Å². The van der Waals surface area contributed by atoms with Crippen LogP contribution < -0.4 is 0 Å². The van der Waals surface area contributed by atoms with Gasteiger partial charge in [-0.3, -0.25) is 14.3 Å². The molecule has 6 heteroatoms. The molecule has 0 bridgehead atoms. The minimum atomic E-state index is -0.140. The van der Waals surface area contributed by atoms with E-state index in [9.17, 15) is 9.59 Å². The van der Waals surface area contributed by atoms with E-state index in [0.29, 0.717) is 31.7 Å². The van der Waals surface area contributed by atoms with E-state index in [0.717, 1.165) is 40.6 Å². The highest BCUT2D eigenvalue weighted by Crippen LogP contribution is 2.46. The average molecular weight is 417 g/mol. The predicted molar refractivity (Wildman–Crippen MR) is 121 cm³/mol. The predicted octanol–water partition coefficient (Wildman–Crippen LogP) is 3.63. The summed E-state index contributed by atoms with van der Waals surface area (Å²) in [4.78, 5) is 29.3. The van der Waals surface area contributed by atoms with Gasteiger partial charge in [0.1, 0.15) is 0 Å². The molecule has 0 unspecified atom stereocenters. The van der Waals surface area contributed by atoms with E-state index in [4.69, 9.17) is 0 Å². The molecule has 1 aliphatic heterocycles. The summed E-state index contributed by atoms with van der Waals surface area (Å²) in [6, 6.07) is 14.2. The van der Waals surface area contributed by atoms with Crippen LogP contribution in [0.4, 0.5) is 0 Å². The van der Waals surface area contributed by atoms with Gasteiger partial charge in [0.25, 0.3) is 5.91 Å². The molecule has 2 aromatic carbocycles. The molecule has 31 heavy (non-hydrogen) atoms.